The monoisotopic (exact) mass is 823 g/mol. The van der Waals surface area contributed by atoms with E-state index in [4.69, 9.17) is 19.3 Å². The molecule has 0 aromatic heterocycles. The minimum Gasteiger partial charge on any atom is -0.462 e. The Morgan fingerprint density at radius 1 is 0.456 bits per heavy atom. The molecule has 0 amide bonds. The molecule has 0 bridgehead atoms. The average molecular weight is 823 g/mol. The van der Waals surface area contributed by atoms with Gasteiger partial charge in [0.2, 0.25) is 0 Å². The van der Waals surface area contributed by atoms with E-state index in [1.54, 1.807) is 0 Å². The molecule has 0 fully saturated rings. The molecule has 2 N–H and O–H groups in total. The molecule has 0 spiro atoms. The molecular formula is C48H87O8P. The largest absolute Gasteiger partial charge is 0.469 e. The first-order valence-electron chi connectivity index (χ1n) is 23.4. The lowest BCUT2D eigenvalue weighted by Gasteiger charge is -2.18. The van der Waals surface area contributed by atoms with Crippen LogP contribution in [-0.4, -0.2) is 41.0 Å². The van der Waals surface area contributed by atoms with Crippen LogP contribution in [0.4, 0.5) is 0 Å². The van der Waals surface area contributed by atoms with E-state index >= 15 is 0 Å². The van der Waals surface area contributed by atoms with Gasteiger partial charge in [0.25, 0.3) is 0 Å². The smallest absolute Gasteiger partial charge is 0.462 e. The summed E-state index contributed by atoms with van der Waals surface area (Å²) in [6.45, 7) is 3.66. The molecule has 0 aliphatic carbocycles. The van der Waals surface area contributed by atoms with Crippen molar-refractivity contribution in [1.29, 1.82) is 0 Å². The zero-order valence-electron chi connectivity index (χ0n) is 36.7. The van der Waals surface area contributed by atoms with Crippen LogP contribution >= 0.6 is 7.82 Å². The quantitative estimate of drug-likeness (QED) is 0.0270. The highest BCUT2D eigenvalue weighted by molar-refractivity contribution is 7.46. The number of ether oxygens (including phenoxy) is 2. The summed E-state index contributed by atoms with van der Waals surface area (Å²) < 4.78 is 26.4. The molecule has 1 atom stereocenters. The number of carbonyl (C=O) groups is 2. The van der Waals surface area contributed by atoms with Gasteiger partial charge in [-0.15, -0.1) is 0 Å². The number of hydrogen-bond acceptors (Lipinski definition) is 6. The summed E-state index contributed by atoms with van der Waals surface area (Å²) in [5.41, 5.74) is 0. The third-order valence-electron chi connectivity index (χ3n) is 10.1. The van der Waals surface area contributed by atoms with Crippen molar-refractivity contribution in [2.24, 2.45) is 0 Å². The first kappa shape index (κ1) is 55.0. The molecule has 0 aromatic carbocycles. The third kappa shape index (κ3) is 46.6. The summed E-state index contributed by atoms with van der Waals surface area (Å²) in [5.74, 6) is -0.913. The Kier molecular flexibility index (Phi) is 42.1. The fraction of sp³-hybridized carbons (Fsp3) is 0.792. The Labute approximate surface area is 350 Å². The summed E-state index contributed by atoms with van der Waals surface area (Å²) >= 11 is 0. The minimum atomic E-state index is -4.77. The number of phosphoric acid groups is 1. The van der Waals surface area contributed by atoms with E-state index in [-0.39, 0.29) is 19.4 Å². The molecule has 57 heavy (non-hydrogen) atoms. The van der Waals surface area contributed by atoms with Gasteiger partial charge in [0.15, 0.2) is 6.10 Å². The van der Waals surface area contributed by atoms with Crippen LogP contribution in [-0.2, 0) is 28.2 Å². The van der Waals surface area contributed by atoms with E-state index in [2.05, 4.69) is 67.0 Å². The van der Waals surface area contributed by atoms with E-state index in [1.807, 2.05) is 0 Å². The number of rotatable bonds is 43. The van der Waals surface area contributed by atoms with Crippen LogP contribution < -0.4 is 0 Å². The average Bonchev–Trinajstić information content (AvgIpc) is 3.18. The van der Waals surface area contributed by atoms with Crippen molar-refractivity contribution in [3.8, 4) is 0 Å². The summed E-state index contributed by atoms with van der Waals surface area (Å²) in [6, 6.07) is 0. The van der Waals surface area contributed by atoms with Crippen LogP contribution in [0, 0.1) is 0 Å². The molecule has 0 saturated carbocycles. The molecular weight excluding hydrogens is 735 g/mol. The van der Waals surface area contributed by atoms with Crippen molar-refractivity contribution < 1.29 is 37.9 Å². The number of hydrogen-bond donors (Lipinski definition) is 2. The van der Waals surface area contributed by atoms with E-state index in [0.717, 1.165) is 57.8 Å². The van der Waals surface area contributed by atoms with Gasteiger partial charge < -0.3 is 19.3 Å². The molecule has 332 valence electrons. The first-order chi connectivity index (χ1) is 27.8. The molecule has 0 heterocycles. The number of esters is 2. The Morgan fingerprint density at radius 2 is 0.789 bits per heavy atom. The van der Waals surface area contributed by atoms with Crippen LogP contribution in [0.15, 0.2) is 48.6 Å². The standard InChI is InChI=1S/C48H87O8P/c1-3-5-7-9-11-13-15-17-19-21-23-25-26-28-30-32-34-36-38-40-42-47(49)54-44-46(45-55-57(51,52)53)56-48(50)43-41-39-37-35-33-31-29-27-24-22-20-18-16-14-12-10-8-6-4-2/h12,14,18,20,24,27,31,33,46H,3-11,13,15-17,19,21-23,25-26,28-30,32,34-45H2,1-2H3,(H2,51,52,53)/b14-12+,20-18+,27-24+,33-31+/t46-/m1/s1. The lowest BCUT2D eigenvalue weighted by Crippen LogP contribution is -2.29. The van der Waals surface area contributed by atoms with Crippen LogP contribution in [0.25, 0.3) is 0 Å². The normalized spacial score (nSPS) is 12.8. The fourth-order valence-corrected chi connectivity index (χ4v) is 6.95. The third-order valence-corrected chi connectivity index (χ3v) is 10.6. The first-order valence-corrected chi connectivity index (χ1v) is 25.0. The van der Waals surface area contributed by atoms with Gasteiger partial charge in [0, 0.05) is 12.8 Å². The molecule has 0 aliphatic heterocycles. The highest BCUT2D eigenvalue weighted by Crippen LogP contribution is 2.36. The van der Waals surface area contributed by atoms with Gasteiger partial charge in [-0.1, -0.05) is 204 Å². The molecule has 0 aliphatic rings. The lowest BCUT2D eigenvalue weighted by molar-refractivity contribution is -0.161. The van der Waals surface area contributed by atoms with E-state index in [9.17, 15) is 14.2 Å². The maximum atomic E-state index is 12.4. The number of carbonyl (C=O) groups excluding carboxylic acids is 2. The van der Waals surface area contributed by atoms with Crippen LogP contribution in [0.2, 0.25) is 0 Å². The van der Waals surface area contributed by atoms with Gasteiger partial charge in [-0.3, -0.25) is 14.1 Å². The summed E-state index contributed by atoms with van der Waals surface area (Å²) in [4.78, 5) is 43.0. The van der Waals surface area contributed by atoms with Crippen molar-refractivity contribution in [1.82, 2.24) is 0 Å². The zero-order valence-corrected chi connectivity index (χ0v) is 37.6. The molecule has 9 heteroatoms. The second-order valence-corrected chi connectivity index (χ2v) is 17.0. The highest BCUT2D eigenvalue weighted by Gasteiger charge is 2.22. The van der Waals surface area contributed by atoms with E-state index in [1.165, 1.54) is 135 Å². The van der Waals surface area contributed by atoms with Crippen molar-refractivity contribution >= 4 is 19.8 Å². The maximum Gasteiger partial charge on any atom is 0.469 e. The fourth-order valence-electron chi connectivity index (χ4n) is 6.59. The summed E-state index contributed by atoms with van der Waals surface area (Å²) in [5, 5.41) is 0. The van der Waals surface area contributed by atoms with Gasteiger partial charge in [-0.05, 0) is 57.8 Å². The maximum absolute atomic E-state index is 12.4. The zero-order chi connectivity index (χ0) is 41.8. The van der Waals surface area contributed by atoms with Crippen molar-refractivity contribution in [2.75, 3.05) is 13.2 Å². The number of unbranched alkanes of at least 4 members (excludes halogenated alkanes) is 25. The molecule has 0 aromatic rings. The minimum absolute atomic E-state index is 0.175. The molecule has 0 unspecified atom stereocenters. The Hall–Kier alpha value is -1.99. The van der Waals surface area contributed by atoms with Gasteiger partial charge in [-0.25, -0.2) is 4.57 Å². The van der Waals surface area contributed by atoms with Crippen molar-refractivity contribution in [3.05, 3.63) is 48.6 Å². The second-order valence-electron chi connectivity index (χ2n) is 15.7. The van der Waals surface area contributed by atoms with Gasteiger partial charge in [0.05, 0.1) is 6.61 Å². The SMILES string of the molecule is CCCCC/C=C/C/C=C/C/C=C/C/C=C/CCCCCC(=O)O[C@H](COC(=O)CCCCCCCCCCCCCCCCCCCCCC)COP(=O)(O)O. The van der Waals surface area contributed by atoms with Gasteiger partial charge in [-0.2, -0.15) is 0 Å². The molecule has 0 rings (SSSR count). The van der Waals surface area contributed by atoms with Gasteiger partial charge in [0.1, 0.15) is 6.61 Å². The van der Waals surface area contributed by atoms with Crippen LogP contribution in [0.5, 0.6) is 0 Å². The van der Waals surface area contributed by atoms with E-state index < -0.39 is 32.5 Å². The Balaban J connectivity index is 3.91. The highest BCUT2D eigenvalue weighted by atomic mass is 31.2. The van der Waals surface area contributed by atoms with Crippen molar-refractivity contribution in [3.63, 3.8) is 0 Å². The summed E-state index contributed by atoms with van der Waals surface area (Å²) in [6.07, 6.45) is 54.1. The molecule has 0 radical (unpaired) electrons. The Bertz CT molecular complexity index is 1060. The van der Waals surface area contributed by atoms with E-state index in [0.29, 0.717) is 6.42 Å². The van der Waals surface area contributed by atoms with Crippen molar-refractivity contribution in [2.45, 2.75) is 232 Å². The Morgan fingerprint density at radius 3 is 1.21 bits per heavy atom. The molecule has 0 saturated heterocycles. The summed E-state index contributed by atoms with van der Waals surface area (Å²) in [7, 11) is -4.77. The number of phosphoric ester groups is 1. The van der Waals surface area contributed by atoms with Crippen LogP contribution in [0.3, 0.4) is 0 Å². The predicted molar refractivity (Wildman–Crippen MR) is 239 cm³/mol. The van der Waals surface area contributed by atoms with Gasteiger partial charge >= 0.3 is 19.8 Å². The second kappa shape index (κ2) is 43.6. The molecule has 8 nitrogen and oxygen atoms in total. The predicted octanol–water partition coefficient (Wildman–Crippen LogP) is 14.7. The number of allylic oxidation sites excluding steroid dienone is 8. The lowest BCUT2D eigenvalue weighted by atomic mass is 10.0. The van der Waals surface area contributed by atoms with Crippen LogP contribution in [0.1, 0.15) is 226 Å². The topological polar surface area (TPSA) is 119 Å².